The number of H-pyrrole nitrogens is 1. The Morgan fingerprint density at radius 2 is 2.08 bits per heavy atom. The maximum Gasteiger partial charge on any atom is 0.274 e. The molecule has 1 aromatic heterocycles. The minimum Gasteiger partial charge on any atom is -0.376 e. The summed E-state index contributed by atoms with van der Waals surface area (Å²) in [6, 6.07) is 11.1. The van der Waals surface area contributed by atoms with E-state index in [0.717, 1.165) is 25.9 Å². The fourth-order valence-corrected chi connectivity index (χ4v) is 2.95. The zero-order valence-corrected chi connectivity index (χ0v) is 14.4. The highest BCUT2D eigenvalue weighted by molar-refractivity contribution is 5.92. The van der Waals surface area contributed by atoms with Crippen LogP contribution in [0.25, 0.3) is 0 Å². The summed E-state index contributed by atoms with van der Waals surface area (Å²) < 4.78 is 5.68. The smallest absolute Gasteiger partial charge is 0.274 e. The predicted octanol–water partition coefficient (Wildman–Crippen LogP) is 1.94. The number of aromatic nitrogens is 2. The molecule has 1 aliphatic rings. The Balaban J connectivity index is 1.71. The quantitative estimate of drug-likeness (QED) is 0.871. The monoisotopic (exact) mass is 341 g/mol. The van der Waals surface area contributed by atoms with Gasteiger partial charge in [-0.25, -0.2) is 5.10 Å². The fourth-order valence-electron chi connectivity index (χ4n) is 2.95. The number of aromatic amines is 1. The second kappa shape index (κ2) is 8.07. The Hall–Kier alpha value is -2.47. The van der Waals surface area contributed by atoms with Gasteiger partial charge in [-0.05, 0) is 37.8 Å². The Labute approximate surface area is 146 Å². The number of hydrogen-bond acceptors (Lipinski definition) is 4. The molecule has 1 N–H and O–H groups in total. The van der Waals surface area contributed by atoms with Gasteiger partial charge in [0.25, 0.3) is 11.5 Å². The molecule has 1 amide bonds. The largest absolute Gasteiger partial charge is 0.376 e. The standard InChI is InChI=1S/C19H23N3O3/c1-14-4-6-15(7-5-14)10-11-22(13-16-3-2-12-25-16)19(24)17-8-9-18(23)21-20-17/h4-9,16H,2-3,10-13H2,1H3,(H,21,23)/t16-/m1/s1. The molecule has 25 heavy (non-hydrogen) atoms. The van der Waals surface area contributed by atoms with Crippen LogP contribution in [0, 0.1) is 6.92 Å². The van der Waals surface area contributed by atoms with Crippen LogP contribution in [0.4, 0.5) is 0 Å². The van der Waals surface area contributed by atoms with Crippen molar-refractivity contribution in [1.82, 2.24) is 15.1 Å². The van der Waals surface area contributed by atoms with Gasteiger partial charge in [-0.2, -0.15) is 5.10 Å². The molecule has 0 aliphatic carbocycles. The number of ether oxygens (including phenoxy) is 1. The topological polar surface area (TPSA) is 75.3 Å². The molecule has 3 rings (SSSR count). The number of carbonyl (C=O) groups is 1. The SMILES string of the molecule is Cc1ccc(CCN(C[C@H]2CCCO2)C(=O)c2ccc(=O)[nH]n2)cc1. The number of benzene rings is 1. The summed E-state index contributed by atoms with van der Waals surface area (Å²) in [7, 11) is 0. The molecule has 0 spiro atoms. The van der Waals surface area contributed by atoms with Crippen molar-refractivity contribution in [2.24, 2.45) is 0 Å². The highest BCUT2D eigenvalue weighted by Gasteiger charge is 2.24. The third kappa shape index (κ3) is 4.76. The summed E-state index contributed by atoms with van der Waals surface area (Å²) in [5, 5.41) is 6.20. The fraction of sp³-hybridized carbons (Fsp3) is 0.421. The molecular formula is C19H23N3O3. The average molecular weight is 341 g/mol. The van der Waals surface area contributed by atoms with Crippen molar-refractivity contribution < 1.29 is 9.53 Å². The molecule has 132 valence electrons. The van der Waals surface area contributed by atoms with Gasteiger partial charge in [0.2, 0.25) is 0 Å². The van der Waals surface area contributed by atoms with E-state index in [9.17, 15) is 9.59 Å². The number of carbonyl (C=O) groups excluding carboxylic acids is 1. The third-order valence-corrected chi connectivity index (χ3v) is 4.42. The van der Waals surface area contributed by atoms with Gasteiger partial charge in [0.05, 0.1) is 6.10 Å². The second-order valence-corrected chi connectivity index (χ2v) is 6.43. The maximum absolute atomic E-state index is 12.8. The van der Waals surface area contributed by atoms with E-state index >= 15 is 0 Å². The summed E-state index contributed by atoms with van der Waals surface area (Å²) in [6.45, 7) is 3.94. The molecule has 2 aromatic rings. The van der Waals surface area contributed by atoms with Gasteiger partial charge in [-0.3, -0.25) is 9.59 Å². The molecule has 6 nitrogen and oxygen atoms in total. The van der Waals surface area contributed by atoms with E-state index in [1.54, 1.807) is 4.90 Å². The minimum absolute atomic E-state index is 0.0738. The molecule has 1 fully saturated rings. The van der Waals surface area contributed by atoms with Gasteiger partial charge >= 0.3 is 0 Å². The van der Waals surface area contributed by atoms with Crippen molar-refractivity contribution in [1.29, 1.82) is 0 Å². The van der Waals surface area contributed by atoms with Crippen LogP contribution in [0.3, 0.4) is 0 Å². The molecule has 2 heterocycles. The number of nitrogens with one attached hydrogen (secondary N) is 1. The first-order chi connectivity index (χ1) is 12.1. The lowest BCUT2D eigenvalue weighted by atomic mass is 10.1. The van der Waals surface area contributed by atoms with Crippen LogP contribution in [0.15, 0.2) is 41.2 Å². The van der Waals surface area contributed by atoms with E-state index in [1.165, 1.54) is 23.3 Å². The van der Waals surface area contributed by atoms with E-state index in [1.807, 2.05) is 0 Å². The molecule has 1 aromatic carbocycles. The molecule has 6 heteroatoms. The molecule has 1 atom stereocenters. The first kappa shape index (κ1) is 17.4. The summed E-state index contributed by atoms with van der Waals surface area (Å²) in [5.41, 5.74) is 2.34. The summed E-state index contributed by atoms with van der Waals surface area (Å²) >= 11 is 0. The van der Waals surface area contributed by atoms with Gasteiger partial charge in [-0.1, -0.05) is 29.8 Å². The van der Waals surface area contributed by atoms with E-state index in [-0.39, 0.29) is 23.3 Å². The zero-order chi connectivity index (χ0) is 17.6. The zero-order valence-electron chi connectivity index (χ0n) is 14.4. The normalized spacial score (nSPS) is 16.8. The Kier molecular flexibility index (Phi) is 5.60. The van der Waals surface area contributed by atoms with Crippen LogP contribution in [0.1, 0.15) is 34.5 Å². The van der Waals surface area contributed by atoms with Crippen molar-refractivity contribution in [2.45, 2.75) is 32.3 Å². The van der Waals surface area contributed by atoms with Gasteiger partial charge in [-0.15, -0.1) is 0 Å². The van der Waals surface area contributed by atoms with Crippen LogP contribution in [0.5, 0.6) is 0 Å². The van der Waals surface area contributed by atoms with Gasteiger partial charge < -0.3 is 9.64 Å². The summed E-state index contributed by atoms with van der Waals surface area (Å²) in [6.07, 6.45) is 2.83. The first-order valence-corrected chi connectivity index (χ1v) is 8.64. The molecule has 0 bridgehead atoms. The molecule has 0 unspecified atom stereocenters. The first-order valence-electron chi connectivity index (χ1n) is 8.64. The van der Waals surface area contributed by atoms with Crippen molar-refractivity contribution in [3.63, 3.8) is 0 Å². The number of rotatable bonds is 6. The summed E-state index contributed by atoms with van der Waals surface area (Å²) in [5.74, 6) is -0.182. The lowest BCUT2D eigenvalue weighted by molar-refractivity contribution is 0.0523. The van der Waals surface area contributed by atoms with Crippen molar-refractivity contribution >= 4 is 5.91 Å². The van der Waals surface area contributed by atoms with Gasteiger partial charge in [0, 0.05) is 25.8 Å². The Morgan fingerprint density at radius 3 is 2.72 bits per heavy atom. The van der Waals surface area contributed by atoms with Crippen LogP contribution >= 0.6 is 0 Å². The highest BCUT2D eigenvalue weighted by Crippen LogP contribution is 2.15. The van der Waals surface area contributed by atoms with E-state index < -0.39 is 0 Å². The van der Waals surface area contributed by atoms with Crippen molar-refractivity contribution in [3.8, 4) is 0 Å². The number of aryl methyl sites for hydroxylation is 1. The summed E-state index contributed by atoms with van der Waals surface area (Å²) in [4.78, 5) is 25.7. The predicted molar refractivity (Wildman–Crippen MR) is 94.6 cm³/mol. The number of nitrogens with zero attached hydrogens (tertiary/aromatic N) is 2. The molecule has 0 radical (unpaired) electrons. The Bertz CT molecular complexity index is 744. The van der Waals surface area contributed by atoms with E-state index in [4.69, 9.17) is 4.74 Å². The average Bonchev–Trinajstić information content (AvgIpc) is 3.13. The van der Waals surface area contributed by atoms with Crippen molar-refractivity contribution in [3.05, 3.63) is 63.6 Å². The lowest BCUT2D eigenvalue weighted by Gasteiger charge is -2.25. The van der Waals surface area contributed by atoms with Gasteiger partial charge in [0.15, 0.2) is 0 Å². The van der Waals surface area contributed by atoms with Crippen LogP contribution in [-0.4, -0.2) is 46.8 Å². The molecule has 0 saturated carbocycles. The van der Waals surface area contributed by atoms with Crippen LogP contribution < -0.4 is 5.56 Å². The number of hydrogen-bond donors (Lipinski definition) is 1. The number of amides is 1. The Morgan fingerprint density at radius 1 is 1.28 bits per heavy atom. The molecular weight excluding hydrogens is 318 g/mol. The molecule has 1 saturated heterocycles. The third-order valence-electron chi connectivity index (χ3n) is 4.42. The highest BCUT2D eigenvalue weighted by atomic mass is 16.5. The van der Waals surface area contributed by atoms with E-state index in [2.05, 4.69) is 41.4 Å². The minimum atomic E-state index is -0.318. The van der Waals surface area contributed by atoms with E-state index in [0.29, 0.717) is 13.1 Å². The van der Waals surface area contributed by atoms with Crippen LogP contribution in [-0.2, 0) is 11.2 Å². The van der Waals surface area contributed by atoms with Gasteiger partial charge in [0.1, 0.15) is 5.69 Å². The lowest BCUT2D eigenvalue weighted by Crippen LogP contribution is -2.39. The van der Waals surface area contributed by atoms with Crippen LogP contribution in [0.2, 0.25) is 0 Å². The second-order valence-electron chi connectivity index (χ2n) is 6.43. The maximum atomic E-state index is 12.8. The molecule has 1 aliphatic heterocycles. The van der Waals surface area contributed by atoms with Crippen molar-refractivity contribution in [2.75, 3.05) is 19.7 Å².